The van der Waals surface area contributed by atoms with E-state index in [1.165, 1.54) is 12.0 Å². The maximum atomic E-state index is 12.4. The molecule has 1 aliphatic rings. The third-order valence-electron chi connectivity index (χ3n) is 4.95. The molecule has 6 nitrogen and oxygen atoms in total. The lowest BCUT2D eigenvalue weighted by Crippen LogP contribution is -2.45. The average Bonchev–Trinajstić information content (AvgIpc) is 3.24. The van der Waals surface area contributed by atoms with Crippen LogP contribution < -0.4 is 5.32 Å². The highest BCUT2D eigenvalue weighted by atomic mass is 32.1. The lowest BCUT2D eigenvalue weighted by atomic mass is 9.86. The number of nitrogens with zero attached hydrogens (tertiary/aromatic N) is 4. The van der Waals surface area contributed by atoms with Crippen molar-refractivity contribution < 1.29 is 4.79 Å². The number of carbonyl (C=O) groups excluding carboxylic acids is 1. The molecular weight excluding hydrogens is 334 g/mol. The molecule has 2 amide bonds. The van der Waals surface area contributed by atoms with Gasteiger partial charge in [0.2, 0.25) is 0 Å². The van der Waals surface area contributed by atoms with Crippen molar-refractivity contribution in [1.82, 2.24) is 24.9 Å². The molecule has 0 unspecified atom stereocenters. The maximum absolute atomic E-state index is 12.4. The van der Waals surface area contributed by atoms with Gasteiger partial charge in [-0.1, -0.05) is 0 Å². The van der Waals surface area contributed by atoms with Crippen molar-refractivity contribution >= 4 is 17.4 Å². The van der Waals surface area contributed by atoms with Crippen LogP contribution in [0.25, 0.3) is 0 Å². The molecule has 136 valence electrons. The Morgan fingerprint density at radius 3 is 3.00 bits per heavy atom. The highest BCUT2D eigenvalue weighted by molar-refractivity contribution is 7.07. The van der Waals surface area contributed by atoms with E-state index in [-0.39, 0.29) is 6.03 Å². The van der Waals surface area contributed by atoms with Gasteiger partial charge in [-0.15, -0.1) is 0 Å². The van der Waals surface area contributed by atoms with Crippen molar-refractivity contribution in [2.45, 2.75) is 25.4 Å². The number of hydrogen-bond acceptors (Lipinski definition) is 4. The summed E-state index contributed by atoms with van der Waals surface area (Å²) in [5, 5.41) is 11.4. The Kier molecular flexibility index (Phi) is 5.75. The van der Waals surface area contributed by atoms with Crippen molar-refractivity contribution in [2.24, 2.45) is 13.0 Å². The third-order valence-corrected chi connectivity index (χ3v) is 5.68. The number of nitrogens with one attached hydrogen (secondary N) is 1. The van der Waals surface area contributed by atoms with Crippen LogP contribution in [0.2, 0.25) is 0 Å². The Bertz CT molecular complexity index is 683. The number of aryl methyl sites for hydroxylation is 1. The molecular formula is C18H27N5OS. The molecule has 2 aromatic rings. The minimum absolute atomic E-state index is 0.00985. The average molecular weight is 362 g/mol. The van der Waals surface area contributed by atoms with Crippen LogP contribution in [0.5, 0.6) is 0 Å². The van der Waals surface area contributed by atoms with Gasteiger partial charge in [0.05, 0.1) is 6.20 Å². The molecule has 7 heteroatoms. The van der Waals surface area contributed by atoms with Crippen molar-refractivity contribution in [3.05, 3.63) is 40.3 Å². The predicted molar refractivity (Wildman–Crippen MR) is 100 cm³/mol. The van der Waals surface area contributed by atoms with Crippen LogP contribution in [0.15, 0.2) is 29.2 Å². The van der Waals surface area contributed by atoms with E-state index in [0.717, 1.165) is 25.1 Å². The number of thiophene rings is 1. The summed E-state index contributed by atoms with van der Waals surface area (Å²) in [4.78, 5) is 16.6. The number of likely N-dealkylation sites (tertiary alicyclic amines) is 1. The monoisotopic (exact) mass is 361 g/mol. The number of rotatable bonds is 5. The van der Waals surface area contributed by atoms with Crippen LogP contribution in [0.4, 0.5) is 4.79 Å². The van der Waals surface area contributed by atoms with Crippen LogP contribution in [-0.4, -0.2) is 52.8 Å². The first-order chi connectivity index (χ1) is 12.0. The van der Waals surface area contributed by atoms with Crippen LogP contribution in [0.1, 0.15) is 30.0 Å². The van der Waals surface area contributed by atoms with Gasteiger partial charge in [-0.2, -0.15) is 16.4 Å². The van der Waals surface area contributed by atoms with E-state index in [9.17, 15) is 4.79 Å². The van der Waals surface area contributed by atoms with Gasteiger partial charge in [0.1, 0.15) is 0 Å². The van der Waals surface area contributed by atoms with E-state index in [2.05, 4.69) is 33.9 Å². The minimum atomic E-state index is -0.00985. The molecule has 2 aromatic heterocycles. The van der Waals surface area contributed by atoms with Crippen molar-refractivity contribution in [3.63, 3.8) is 0 Å². The zero-order valence-electron chi connectivity index (χ0n) is 15.2. The Labute approximate surface area is 153 Å². The van der Waals surface area contributed by atoms with Gasteiger partial charge in [-0.25, -0.2) is 4.79 Å². The number of piperidine rings is 1. The molecule has 0 aromatic carbocycles. The van der Waals surface area contributed by atoms with Gasteiger partial charge >= 0.3 is 6.03 Å². The highest BCUT2D eigenvalue weighted by Gasteiger charge is 2.32. The van der Waals surface area contributed by atoms with E-state index in [1.807, 2.05) is 41.3 Å². The summed E-state index contributed by atoms with van der Waals surface area (Å²) in [5.74, 6) is 0.417. The minimum Gasteiger partial charge on any atom is -0.334 e. The largest absolute Gasteiger partial charge is 0.334 e. The first kappa shape index (κ1) is 17.9. The lowest BCUT2D eigenvalue weighted by molar-refractivity contribution is 0.0995. The Balaban J connectivity index is 1.61. The molecule has 1 N–H and O–H groups in total. The second kappa shape index (κ2) is 8.01. The summed E-state index contributed by atoms with van der Waals surface area (Å²) >= 11 is 1.65. The molecule has 0 spiro atoms. The summed E-state index contributed by atoms with van der Waals surface area (Å²) in [5.41, 5.74) is 2.39. The van der Waals surface area contributed by atoms with Crippen LogP contribution >= 0.6 is 11.3 Å². The molecule has 0 bridgehead atoms. The van der Waals surface area contributed by atoms with Crippen molar-refractivity contribution in [2.75, 3.05) is 27.2 Å². The van der Waals surface area contributed by atoms with Crippen molar-refractivity contribution in [1.29, 1.82) is 0 Å². The lowest BCUT2D eigenvalue weighted by Gasteiger charge is -2.40. The second-order valence-electron chi connectivity index (χ2n) is 6.95. The van der Waals surface area contributed by atoms with E-state index in [1.54, 1.807) is 11.3 Å². The van der Waals surface area contributed by atoms with E-state index >= 15 is 0 Å². The second-order valence-corrected chi connectivity index (χ2v) is 7.73. The number of carbonyl (C=O) groups is 1. The maximum Gasteiger partial charge on any atom is 0.317 e. The van der Waals surface area contributed by atoms with Gasteiger partial charge in [0.15, 0.2) is 0 Å². The molecule has 0 radical (unpaired) electrons. The fourth-order valence-corrected chi connectivity index (χ4v) is 4.38. The quantitative estimate of drug-likeness (QED) is 0.891. The molecule has 1 saturated heterocycles. The summed E-state index contributed by atoms with van der Waals surface area (Å²) in [6, 6.07) is 2.35. The number of hydrogen-bond donors (Lipinski definition) is 1. The molecule has 1 fully saturated rings. The fraction of sp³-hybridized carbons (Fsp3) is 0.556. The van der Waals surface area contributed by atoms with Gasteiger partial charge in [-0.3, -0.25) is 9.58 Å². The first-order valence-electron chi connectivity index (χ1n) is 8.73. The molecule has 0 aliphatic carbocycles. The summed E-state index contributed by atoms with van der Waals surface area (Å²) in [6.45, 7) is 2.42. The van der Waals surface area contributed by atoms with Crippen LogP contribution in [0, 0.1) is 5.92 Å². The fourth-order valence-electron chi connectivity index (χ4n) is 3.71. The van der Waals surface area contributed by atoms with E-state index in [4.69, 9.17) is 0 Å². The Hall–Kier alpha value is -1.86. The summed E-state index contributed by atoms with van der Waals surface area (Å²) in [6.07, 6.45) is 6.35. The van der Waals surface area contributed by atoms with Gasteiger partial charge in [-0.05, 0) is 54.7 Å². The Morgan fingerprint density at radius 1 is 1.48 bits per heavy atom. The standard InChI is InChI=1S/C18H27N5OS/c1-21-7-4-5-15(17(21)16-10-20-23(3)12-16)11-22(2)18(24)19-9-14-6-8-25-13-14/h6,8,10,12-13,15,17H,4-5,7,9,11H2,1-3H3,(H,19,24)/t15-,17+/m0/s1. The molecule has 3 rings (SSSR count). The predicted octanol–water partition coefficient (Wildman–Crippen LogP) is 2.71. The molecule has 2 atom stereocenters. The van der Waals surface area contributed by atoms with Crippen molar-refractivity contribution in [3.8, 4) is 0 Å². The van der Waals surface area contributed by atoms with Crippen LogP contribution in [-0.2, 0) is 13.6 Å². The number of aromatic nitrogens is 2. The number of urea groups is 1. The highest BCUT2D eigenvalue weighted by Crippen LogP contribution is 2.35. The smallest absolute Gasteiger partial charge is 0.317 e. The normalized spacial score (nSPS) is 21.2. The zero-order chi connectivity index (χ0) is 17.8. The van der Waals surface area contributed by atoms with E-state index in [0.29, 0.717) is 18.5 Å². The van der Waals surface area contributed by atoms with Gasteiger partial charge in [0.25, 0.3) is 0 Å². The van der Waals surface area contributed by atoms with Gasteiger partial charge < -0.3 is 10.2 Å². The van der Waals surface area contributed by atoms with Crippen LogP contribution in [0.3, 0.4) is 0 Å². The Morgan fingerprint density at radius 2 is 2.32 bits per heavy atom. The number of amides is 2. The summed E-state index contributed by atoms with van der Waals surface area (Å²) < 4.78 is 1.85. The van der Waals surface area contributed by atoms with Gasteiger partial charge in [0, 0.05) is 45.0 Å². The topological polar surface area (TPSA) is 53.4 Å². The summed E-state index contributed by atoms with van der Waals surface area (Å²) in [7, 11) is 6.00. The van der Waals surface area contributed by atoms with E-state index < -0.39 is 0 Å². The zero-order valence-corrected chi connectivity index (χ0v) is 16.0. The molecule has 3 heterocycles. The third kappa shape index (κ3) is 4.41. The molecule has 1 aliphatic heterocycles. The molecule has 25 heavy (non-hydrogen) atoms. The first-order valence-corrected chi connectivity index (χ1v) is 9.67. The molecule has 0 saturated carbocycles. The SMILES string of the molecule is CN(C[C@@H]1CCCN(C)[C@H]1c1cnn(C)c1)C(=O)NCc1ccsc1.